The highest BCUT2D eigenvalue weighted by Crippen LogP contribution is 2.03. The Morgan fingerprint density at radius 2 is 1.73 bits per heavy atom. The van der Waals surface area contributed by atoms with E-state index in [1.807, 2.05) is 6.26 Å². The number of thioether (sulfide) groups is 1. The first kappa shape index (κ1) is 24.1. The zero-order valence-electron chi connectivity index (χ0n) is 15.0. The van der Waals surface area contributed by atoms with E-state index < -0.39 is 42.3 Å². The first-order valence-corrected chi connectivity index (χ1v) is 9.72. The average Bonchev–Trinajstić information content (AvgIpc) is 2.61. The Morgan fingerprint density at radius 1 is 1.04 bits per heavy atom. The molecule has 10 nitrogen and oxygen atoms in total. The maximum atomic E-state index is 12.2. The van der Waals surface area contributed by atoms with Crippen LogP contribution in [0.2, 0.25) is 0 Å². The topological polar surface area (TPSA) is 177 Å². The molecule has 0 aromatic carbocycles. The number of nitrogens with two attached hydrogens (primary N) is 2. The number of carbonyl (C=O) groups is 4. The van der Waals surface area contributed by atoms with Crippen LogP contribution in [0.4, 0.5) is 0 Å². The standard InChI is InChI=1S/C15H29N5O5S/c1-26-7-5-11(20-14(24)10(17)4-2-3-6-16)15(25)19-8-12(21)18-9-13(22)23/h10-11H,2-9,16-17H2,1H3,(H,18,21)(H,19,25)(H,20,24)(H,22,23). The van der Waals surface area contributed by atoms with Crippen LogP contribution in [-0.4, -0.2) is 72.5 Å². The van der Waals surface area contributed by atoms with E-state index in [1.165, 1.54) is 11.8 Å². The summed E-state index contributed by atoms with van der Waals surface area (Å²) >= 11 is 1.51. The number of carboxylic acids is 1. The number of carboxylic acid groups (broad SMARTS) is 1. The van der Waals surface area contributed by atoms with Gasteiger partial charge in [0.1, 0.15) is 12.6 Å². The molecule has 0 aromatic heterocycles. The van der Waals surface area contributed by atoms with Gasteiger partial charge in [0.05, 0.1) is 12.6 Å². The summed E-state index contributed by atoms with van der Waals surface area (Å²) in [4.78, 5) is 46.2. The number of rotatable bonds is 14. The summed E-state index contributed by atoms with van der Waals surface area (Å²) in [6.07, 6.45) is 4.20. The molecule has 2 atom stereocenters. The SMILES string of the molecule is CSCCC(NC(=O)C(N)CCCCN)C(=O)NCC(=O)NCC(=O)O. The van der Waals surface area contributed by atoms with Crippen LogP contribution < -0.4 is 27.4 Å². The van der Waals surface area contributed by atoms with Crippen molar-refractivity contribution in [2.24, 2.45) is 11.5 Å². The molecule has 0 rings (SSSR count). The van der Waals surface area contributed by atoms with Crippen LogP contribution in [0, 0.1) is 0 Å². The molecule has 0 aromatic rings. The van der Waals surface area contributed by atoms with Crippen LogP contribution in [0.25, 0.3) is 0 Å². The Bertz CT molecular complexity index is 477. The second-order valence-corrected chi connectivity index (χ2v) is 6.61. The summed E-state index contributed by atoms with van der Waals surface area (Å²) in [7, 11) is 0. The van der Waals surface area contributed by atoms with Crippen molar-refractivity contribution in [1.29, 1.82) is 0 Å². The molecule has 0 fully saturated rings. The Balaban J connectivity index is 4.51. The lowest BCUT2D eigenvalue weighted by Crippen LogP contribution is -2.53. The average molecular weight is 391 g/mol. The van der Waals surface area contributed by atoms with Gasteiger partial charge in [-0.2, -0.15) is 11.8 Å². The fourth-order valence-corrected chi connectivity index (χ4v) is 2.42. The van der Waals surface area contributed by atoms with Crippen molar-refractivity contribution < 1.29 is 24.3 Å². The number of hydrogen-bond acceptors (Lipinski definition) is 7. The molecule has 0 saturated carbocycles. The molecule has 0 aliphatic heterocycles. The van der Waals surface area contributed by atoms with E-state index >= 15 is 0 Å². The molecule has 2 unspecified atom stereocenters. The highest BCUT2D eigenvalue weighted by Gasteiger charge is 2.23. The van der Waals surface area contributed by atoms with E-state index in [0.717, 1.165) is 12.8 Å². The van der Waals surface area contributed by atoms with Crippen molar-refractivity contribution in [3.8, 4) is 0 Å². The highest BCUT2D eigenvalue weighted by atomic mass is 32.2. The highest BCUT2D eigenvalue weighted by molar-refractivity contribution is 7.98. The second-order valence-electron chi connectivity index (χ2n) is 5.62. The number of unbranched alkanes of at least 4 members (excludes halogenated alkanes) is 1. The van der Waals surface area contributed by atoms with Gasteiger partial charge in [-0.1, -0.05) is 6.42 Å². The molecule has 3 amide bonds. The third kappa shape index (κ3) is 11.7. The Kier molecular flexibility index (Phi) is 13.3. The molecule has 0 spiro atoms. The number of amides is 3. The smallest absolute Gasteiger partial charge is 0.322 e. The maximum Gasteiger partial charge on any atom is 0.322 e. The van der Waals surface area contributed by atoms with Crippen LogP contribution in [-0.2, 0) is 19.2 Å². The number of aliphatic carboxylic acids is 1. The van der Waals surface area contributed by atoms with Gasteiger partial charge in [0.15, 0.2) is 0 Å². The van der Waals surface area contributed by atoms with Gasteiger partial charge in [0, 0.05) is 0 Å². The lowest BCUT2D eigenvalue weighted by Gasteiger charge is -2.20. The molecule has 26 heavy (non-hydrogen) atoms. The van der Waals surface area contributed by atoms with E-state index in [4.69, 9.17) is 16.6 Å². The lowest BCUT2D eigenvalue weighted by atomic mass is 10.1. The van der Waals surface area contributed by atoms with Gasteiger partial charge in [-0.3, -0.25) is 19.2 Å². The van der Waals surface area contributed by atoms with E-state index in [-0.39, 0.29) is 6.54 Å². The second kappa shape index (κ2) is 14.3. The van der Waals surface area contributed by atoms with E-state index in [2.05, 4.69) is 16.0 Å². The summed E-state index contributed by atoms with van der Waals surface area (Å²) in [6.45, 7) is -0.379. The van der Waals surface area contributed by atoms with Crippen molar-refractivity contribution in [1.82, 2.24) is 16.0 Å². The van der Waals surface area contributed by atoms with Gasteiger partial charge in [-0.15, -0.1) is 0 Å². The molecule has 0 heterocycles. The van der Waals surface area contributed by atoms with Crippen molar-refractivity contribution >= 4 is 35.5 Å². The lowest BCUT2D eigenvalue weighted by molar-refractivity contribution is -0.138. The Hall–Kier alpha value is -1.85. The number of hydrogen-bond donors (Lipinski definition) is 6. The van der Waals surface area contributed by atoms with E-state index in [1.54, 1.807) is 0 Å². The van der Waals surface area contributed by atoms with Crippen LogP contribution in [0.5, 0.6) is 0 Å². The summed E-state index contributed by atoms with van der Waals surface area (Å²) < 4.78 is 0. The molecule has 0 aliphatic carbocycles. The minimum Gasteiger partial charge on any atom is -0.480 e. The van der Waals surface area contributed by atoms with Gasteiger partial charge in [0.2, 0.25) is 17.7 Å². The van der Waals surface area contributed by atoms with Crippen molar-refractivity contribution in [3.63, 3.8) is 0 Å². The molecule has 0 saturated heterocycles. The van der Waals surface area contributed by atoms with Crippen molar-refractivity contribution in [2.45, 2.75) is 37.8 Å². The third-order valence-electron chi connectivity index (χ3n) is 3.41. The minimum atomic E-state index is -1.18. The fourth-order valence-electron chi connectivity index (χ4n) is 1.95. The normalized spacial score (nSPS) is 12.7. The zero-order valence-corrected chi connectivity index (χ0v) is 15.8. The largest absolute Gasteiger partial charge is 0.480 e. The van der Waals surface area contributed by atoms with E-state index in [9.17, 15) is 19.2 Å². The first-order valence-electron chi connectivity index (χ1n) is 8.33. The van der Waals surface area contributed by atoms with Gasteiger partial charge in [0.25, 0.3) is 0 Å². The zero-order chi connectivity index (χ0) is 19.9. The predicted octanol–water partition coefficient (Wildman–Crippen LogP) is -2.00. The van der Waals surface area contributed by atoms with Gasteiger partial charge < -0.3 is 32.5 Å². The maximum absolute atomic E-state index is 12.2. The number of carbonyl (C=O) groups excluding carboxylic acids is 3. The molecule has 150 valence electrons. The minimum absolute atomic E-state index is 0.375. The van der Waals surface area contributed by atoms with Crippen LogP contribution in [0.3, 0.4) is 0 Å². The van der Waals surface area contributed by atoms with Crippen LogP contribution >= 0.6 is 11.8 Å². The molecule has 0 aliphatic rings. The number of nitrogens with one attached hydrogen (secondary N) is 3. The molecule has 0 radical (unpaired) electrons. The fraction of sp³-hybridized carbons (Fsp3) is 0.733. The monoisotopic (exact) mass is 391 g/mol. The van der Waals surface area contributed by atoms with Gasteiger partial charge in [-0.05, 0) is 37.8 Å². The van der Waals surface area contributed by atoms with Crippen molar-refractivity contribution in [2.75, 3.05) is 31.6 Å². The summed E-state index contributed by atoms with van der Waals surface area (Å²) in [5.74, 6) is -2.13. The van der Waals surface area contributed by atoms with Crippen LogP contribution in [0.15, 0.2) is 0 Å². The predicted molar refractivity (Wildman–Crippen MR) is 99.5 cm³/mol. The van der Waals surface area contributed by atoms with Crippen LogP contribution in [0.1, 0.15) is 25.7 Å². The molecular formula is C15H29N5O5S. The summed E-state index contributed by atoms with van der Waals surface area (Å²) in [5.41, 5.74) is 11.2. The molecule has 0 bridgehead atoms. The third-order valence-corrected chi connectivity index (χ3v) is 4.05. The molecular weight excluding hydrogens is 362 g/mol. The quantitative estimate of drug-likeness (QED) is 0.184. The Labute approximate surface area is 157 Å². The Morgan fingerprint density at radius 3 is 2.31 bits per heavy atom. The summed E-state index contributed by atoms with van der Waals surface area (Å²) in [6, 6.07) is -1.55. The molecule has 11 heteroatoms. The van der Waals surface area contributed by atoms with E-state index in [0.29, 0.717) is 25.1 Å². The first-order chi connectivity index (χ1) is 12.3. The van der Waals surface area contributed by atoms with Gasteiger partial charge in [-0.25, -0.2) is 0 Å². The molecule has 8 N–H and O–H groups in total. The summed E-state index contributed by atoms with van der Waals surface area (Å²) in [5, 5.41) is 15.6. The van der Waals surface area contributed by atoms with Crippen molar-refractivity contribution in [3.05, 3.63) is 0 Å². The van der Waals surface area contributed by atoms with Gasteiger partial charge >= 0.3 is 5.97 Å².